The average Bonchev–Trinajstić information content (AvgIpc) is 2.43. The van der Waals surface area contributed by atoms with Gasteiger partial charge in [-0.3, -0.25) is 0 Å². The van der Waals surface area contributed by atoms with E-state index in [1.807, 2.05) is 60.7 Å². The van der Waals surface area contributed by atoms with Gasteiger partial charge in [-0.25, -0.2) is 0 Å². The summed E-state index contributed by atoms with van der Waals surface area (Å²) in [6.45, 7) is 3.84. The molecule has 2 aromatic rings. The van der Waals surface area contributed by atoms with E-state index < -0.39 is 4.75 Å². The van der Waals surface area contributed by atoms with E-state index in [1.54, 1.807) is 6.08 Å². The van der Waals surface area contributed by atoms with Gasteiger partial charge in [-0.2, -0.15) is 0 Å². The molecular formula is C15H13OS+. The van der Waals surface area contributed by atoms with Gasteiger partial charge in [0.2, 0.25) is 0 Å². The lowest BCUT2D eigenvalue weighted by atomic mass is 9.90. The highest BCUT2D eigenvalue weighted by Gasteiger charge is 2.45. The van der Waals surface area contributed by atoms with Crippen LogP contribution in [0.5, 0.6) is 0 Å². The molecule has 0 aliphatic heterocycles. The fourth-order valence-corrected chi connectivity index (χ4v) is 2.44. The largest absolute Gasteiger partial charge is 0.480 e. The summed E-state index contributed by atoms with van der Waals surface area (Å²) in [4.78, 5) is 0. The molecule has 0 unspecified atom stereocenters. The van der Waals surface area contributed by atoms with Gasteiger partial charge in [0, 0.05) is 15.3 Å². The Morgan fingerprint density at radius 2 is 1.29 bits per heavy atom. The number of benzene rings is 2. The summed E-state index contributed by atoms with van der Waals surface area (Å²) < 4.78 is 10.9. The monoisotopic (exact) mass is 241 g/mol. The molecule has 0 aliphatic carbocycles. The maximum atomic E-state index is 11.6. The molecule has 2 rings (SSSR count). The van der Waals surface area contributed by atoms with Gasteiger partial charge in [-0.05, 0) is 6.08 Å². The summed E-state index contributed by atoms with van der Waals surface area (Å²) >= 11 is 0.556. The highest BCUT2D eigenvalue weighted by molar-refractivity contribution is 7.67. The first-order valence-corrected chi connectivity index (χ1v) is 6.13. The number of hydrogen-bond acceptors (Lipinski definition) is 1. The highest BCUT2D eigenvalue weighted by atomic mass is 32.1. The Morgan fingerprint density at radius 3 is 1.59 bits per heavy atom. The Morgan fingerprint density at radius 1 is 0.882 bits per heavy atom. The van der Waals surface area contributed by atoms with Crippen molar-refractivity contribution in [2.45, 2.75) is 4.75 Å². The molecule has 0 atom stereocenters. The van der Waals surface area contributed by atoms with E-state index in [0.717, 1.165) is 11.1 Å². The first kappa shape index (κ1) is 11.7. The van der Waals surface area contributed by atoms with Crippen LogP contribution in [0.2, 0.25) is 0 Å². The lowest BCUT2D eigenvalue weighted by molar-refractivity contribution is 0.595. The fourth-order valence-electron chi connectivity index (χ4n) is 1.90. The molecule has 0 saturated carbocycles. The molecule has 17 heavy (non-hydrogen) atoms. The van der Waals surface area contributed by atoms with Crippen LogP contribution < -0.4 is 0 Å². The summed E-state index contributed by atoms with van der Waals surface area (Å²) in [6.07, 6.45) is 1.72. The Bertz CT molecular complexity index is 455. The molecular weight excluding hydrogens is 228 g/mol. The third-order valence-electron chi connectivity index (χ3n) is 2.82. The first-order chi connectivity index (χ1) is 8.33. The molecule has 0 spiro atoms. The third-order valence-corrected chi connectivity index (χ3v) is 3.73. The van der Waals surface area contributed by atoms with E-state index in [1.165, 1.54) is 0 Å². The van der Waals surface area contributed by atoms with Crippen LogP contribution >= 0.6 is 0 Å². The van der Waals surface area contributed by atoms with Crippen molar-refractivity contribution in [1.82, 2.24) is 0 Å². The van der Waals surface area contributed by atoms with Crippen molar-refractivity contribution < 1.29 is 4.21 Å². The molecule has 0 N–H and O–H groups in total. The molecule has 0 fully saturated rings. The zero-order chi connectivity index (χ0) is 12.1. The fraction of sp³-hybridized carbons (Fsp3) is 0.0667. The van der Waals surface area contributed by atoms with Gasteiger partial charge in [-0.1, -0.05) is 67.2 Å². The summed E-state index contributed by atoms with van der Waals surface area (Å²) in [7, 11) is 0. The molecule has 0 heterocycles. The van der Waals surface area contributed by atoms with E-state index in [2.05, 4.69) is 6.58 Å². The molecule has 84 valence electrons. The second kappa shape index (κ2) is 5.02. The van der Waals surface area contributed by atoms with Gasteiger partial charge in [-0.15, -0.1) is 0 Å². The number of rotatable bonds is 4. The van der Waals surface area contributed by atoms with Gasteiger partial charge in [0.25, 0.3) is 0 Å². The minimum absolute atomic E-state index is 0.556. The van der Waals surface area contributed by atoms with E-state index in [9.17, 15) is 4.21 Å². The maximum absolute atomic E-state index is 11.6. The second-order valence-corrected chi connectivity index (χ2v) is 4.57. The molecule has 0 bridgehead atoms. The van der Waals surface area contributed by atoms with Crippen molar-refractivity contribution in [1.29, 1.82) is 0 Å². The average molecular weight is 241 g/mol. The third kappa shape index (κ3) is 2.04. The molecule has 1 nitrogen and oxygen atoms in total. The Kier molecular flexibility index (Phi) is 3.45. The van der Waals surface area contributed by atoms with Crippen LogP contribution in [0.1, 0.15) is 11.1 Å². The van der Waals surface area contributed by atoms with E-state index in [-0.39, 0.29) is 0 Å². The van der Waals surface area contributed by atoms with E-state index in [0.29, 0.717) is 11.7 Å². The lowest BCUT2D eigenvalue weighted by Gasteiger charge is -2.13. The van der Waals surface area contributed by atoms with E-state index in [4.69, 9.17) is 0 Å². The highest BCUT2D eigenvalue weighted by Crippen LogP contribution is 2.32. The molecule has 0 aromatic heterocycles. The zero-order valence-corrected chi connectivity index (χ0v) is 10.2. The van der Waals surface area contributed by atoms with Gasteiger partial charge < -0.3 is 0 Å². The van der Waals surface area contributed by atoms with Crippen LogP contribution in [-0.2, 0) is 20.6 Å². The Hall–Kier alpha value is -1.80. The van der Waals surface area contributed by atoms with Crippen molar-refractivity contribution in [3.8, 4) is 0 Å². The predicted octanol–water partition coefficient (Wildman–Crippen LogP) is 3.54. The van der Waals surface area contributed by atoms with Crippen LogP contribution in [0.15, 0.2) is 73.3 Å². The van der Waals surface area contributed by atoms with Crippen molar-refractivity contribution in [2.75, 3.05) is 0 Å². The van der Waals surface area contributed by atoms with Crippen LogP contribution in [-0.4, -0.2) is 0 Å². The minimum atomic E-state index is -0.706. The standard InChI is InChI=1S/C15H13OS/c1-2-15(17-16,13-9-5-3-6-10-13)14-11-7-4-8-12-14/h2-12H,1H2/q+1. The minimum Gasteiger partial charge on any atom is -0.0963 e. The summed E-state index contributed by atoms with van der Waals surface area (Å²) in [6, 6.07) is 19.5. The molecule has 2 aromatic carbocycles. The van der Waals surface area contributed by atoms with Crippen LogP contribution in [0.4, 0.5) is 0 Å². The SMILES string of the molecule is C=CC([S+]=O)(c1ccccc1)c1ccccc1. The smallest absolute Gasteiger partial charge is 0.0963 e. The molecule has 0 saturated heterocycles. The summed E-state index contributed by atoms with van der Waals surface area (Å²) in [5, 5.41) is 0. The van der Waals surface area contributed by atoms with Crippen molar-refractivity contribution in [3.63, 3.8) is 0 Å². The maximum Gasteiger partial charge on any atom is 0.480 e. The first-order valence-electron chi connectivity index (χ1n) is 5.39. The van der Waals surface area contributed by atoms with Gasteiger partial charge in [0.15, 0.2) is 0 Å². The Balaban J connectivity index is 2.62. The van der Waals surface area contributed by atoms with E-state index >= 15 is 0 Å². The summed E-state index contributed by atoms with van der Waals surface area (Å²) in [5.41, 5.74) is 1.92. The van der Waals surface area contributed by atoms with Crippen molar-refractivity contribution in [2.24, 2.45) is 0 Å². The molecule has 0 radical (unpaired) electrons. The normalized spacial score (nSPS) is 10.8. The predicted molar refractivity (Wildman–Crippen MR) is 71.9 cm³/mol. The van der Waals surface area contributed by atoms with Crippen molar-refractivity contribution >= 4 is 11.7 Å². The zero-order valence-electron chi connectivity index (χ0n) is 9.37. The molecule has 0 aliphatic rings. The molecule has 0 amide bonds. The van der Waals surface area contributed by atoms with Gasteiger partial charge in [0.1, 0.15) is 0 Å². The lowest BCUT2D eigenvalue weighted by Crippen LogP contribution is -2.23. The summed E-state index contributed by atoms with van der Waals surface area (Å²) in [5.74, 6) is 0. The van der Waals surface area contributed by atoms with Crippen LogP contribution in [0.25, 0.3) is 0 Å². The van der Waals surface area contributed by atoms with Crippen LogP contribution in [0.3, 0.4) is 0 Å². The molecule has 2 heteroatoms. The Labute approximate surface area is 105 Å². The van der Waals surface area contributed by atoms with Gasteiger partial charge in [0.05, 0.1) is 0 Å². The quantitative estimate of drug-likeness (QED) is 0.591. The van der Waals surface area contributed by atoms with Crippen molar-refractivity contribution in [3.05, 3.63) is 84.4 Å². The van der Waals surface area contributed by atoms with Gasteiger partial charge >= 0.3 is 16.4 Å². The number of hydrogen-bond donors (Lipinski definition) is 0. The topological polar surface area (TPSA) is 17.1 Å². The second-order valence-electron chi connectivity index (χ2n) is 3.76. The van der Waals surface area contributed by atoms with Crippen LogP contribution in [0, 0.1) is 0 Å².